The minimum Gasteiger partial charge on any atom is -0.305 e. The van der Waals surface area contributed by atoms with Gasteiger partial charge in [-0.25, -0.2) is 4.57 Å². The van der Waals surface area contributed by atoms with E-state index in [2.05, 4.69) is 124 Å². The van der Waals surface area contributed by atoms with Crippen LogP contribution in [0.25, 0.3) is 66.0 Å². The SMILES string of the molecule is Cc1ccccc1-c1n2c3cccc4cccc(c43)n3c4ccccc4c4ccc(c2c43)[n+]1C. The Morgan fingerprint density at radius 2 is 1.29 bits per heavy atom. The van der Waals surface area contributed by atoms with Crippen LogP contribution in [0.4, 0.5) is 0 Å². The Labute approximate surface area is 196 Å². The Kier molecular flexibility index (Phi) is 3.27. The number of aryl methyl sites for hydroxylation is 2. The number of nitrogens with zero attached hydrogens (tertiary/aromatic N) is 3. The highest BCUT2D eigenvalue weighted by molar-refractivity contribution is 6.21. The largest absolute Gasteiger partial charge is 0.305 e. The van der Waals surface area contributed by atoms with Gasteiger partial charge in [-0.1, -0.05) is 60.7 Å². The Balaban J connectivity index is 1.84. The molecule has 0 atom stereocenters. The molecule has 3 aromatic heterocycles. The molecule has 0 aliphatic heterocycles. The third-order valence-corrected chi connectivity index (χ3v) is 7.63. The quantitative estimate of drug-likeness (QED) is 0.245. The predicted molar refractivity (Wildman–Crippen MR) is 141 cm³/mol. The number of aromatic nitrogens is 3. The lowest BCUT2D eigenvalue weighted by Gasteiger charge is -2.05. The lowest BCUT2D eigenvalue weighted by Crippen LogP contribution is -2.29. The fourth-order valence-electron chi connectivity index (χ4n) is 6.17. The minimum absolute atomic E-state index is 1.21. The Morgan fingerprint density at radius 1 is 0.588 bits per heavy atom. The topological polar surface area (TPSA) is 12.7 Å². The van der Waals surface area contributed by atoms with E-state index in [0.29, 0.717) is 0 Å². The van der Waals surface area contributed by atoms with Crippen molar-refractivity contribution in [2.24, 2.45) is 7.05 Å². The third-order valence-electron chi connectivity index (χ3n) is 7.63. The Hall–Kier alpha value is -4.37. The number of rotatable bonds is 1. The van der Waals surface area contributed by atoms with Crippen LogP contribution in [0.15, 0.2) is 97.1 Å². The summed E-state index contributed by atoms with van der Waals surface area (Å²) in [7, 11) is 2.20. The molecule has 8 rings (SSSR count). The first-order chi connectivity index (χ1) is 16.7. The molecule has 34 heavy (non-hydrogen) atoms. The van der Waals surface area contributed by atoms with Gasteiger partial charge in [0.25, 0.3) is 5.82 Å². The van der Waals surface area contributed by atoms with Crippen LogP contribution in [0, 0.1) is 6.92 Å². The van der Waals surface area contributed by atoms with Gasteiger partial charge in [0, 0.05) is 10.8 Å². The number of hydrogen-bond acceptors (Lipinski definition) is 0. The fraction of sp³-hybridized carbons (Fsp3) is 0.0645. The lowest BCUT2D eigenvalue weighted by atomic mass is 10.1. The summed E-state index contributed by atoms with van der Waals surface area (Å²) in [5.74, 6) is 1.21. The summed E-state index contributed by atoms with van der Waals surface area (Å²) in [6.07, 6.45) is 0. The second kappa shape index (κ2) is 6.15. The summed E-state index contributed by atoms with van der Waals surface area (Å²) in [4.78, 5) is 0. The molecule has 0 amide bonds. The number of fused-ring (bicyclic) bond motifs is 5. The van der Waals surface area contributed by atoms with Crippen LogP contribution in [0.2, 0.25) is 0 Å². The number of benzene rings is 5. The van der Waals surface area contributed by atoms with Crippen molar-refractivity contribution < 1.29 is 4.57 Å². The van der Waals surface area contributed by atoms with Crippen LogP contribution in [-0.2, 0) is 7.05 Å². The monoisotopic (exact) mass is 436 g/mol. The molecule has 160 valence electrons. The molecule has 0 saturated carbocycles. The highest BCUT2D eigenvalue weighted by Crippen LogP contribution is 2.40. The van der Waals surface area contributed by atoms with Gasteiger partial charge in [-0.2, -0.15) is 4.40 Å². The van der Waals surface area contributed by atoms with Crippen molar-refractivity contribution in [3.8, 4) is 11.4 Å². The zero-order chi connectivity index (χ0) is 22.6. The smallest absolute Gasteiger partial charge is 0.295 e. The summed E-state index contributed by atoms with van der Waals surface area (Å²) in [6.45, 7) is 2.21. The second-order valence-corrected chi connectivity index (χ2v) is 9.37. The molecule has 5 aromatic carbocycles. The van der Waals surface area contributed by atoms with Gasteiger partial charge in [0.1, 0.15) is 11.0 Å². The molecule has 0 aliphatic carbocycles. The van der Waals surface area contributed by atoms with Crippen molar-refractivity contribution in [1.29, 1.82) is 0 Å². The summed E-state index contributed by atoms with van der Waals surface area (Å²) in [6, 6.07) is 35.5. The molecule has 0 aliphatic rings. The average molecular weight is 437 g/mol. The molecule has 3 heteroatoms. The fourth-order valence-corrected chi connectivity index (χ4v) is 6.17. The second-order valence-electron chi connectivity index (χ2n) is 9.37. The van der Waals surface area contributed by atoms with E-state index in [4.69, 9.17) is 0 Å². The first kappa shape index (κ1) is 18.1. The van der Waals surface area contributed by atoms with Crippen molar-refractivity contribution in [1.82, 2.24) is 8.80 Å². The van der Waals surface area contributed by atoms with Crippen LogP contribution in [0.5, 0.6) is 0 Å². The molecular weight excluding hydrogens is 414 g/mol. The third kappa shape index (κ3) is 2.01. The van der Waals surface area contributed by atoms with E-state index in [0.717, 1.165) is 0 Å². The van der Waals surface area contributed by atoms with Crippen LogP contribution >= 0.6 is 0 Å². The van der Waals surface area contributed by atoms with Gasteiger partial charge in [0.15, 0.2) is 5.52 Å². The molecule has 3 nitrogen and oxygen atoms in total. The molecule has 0 bridgehead atoms. The molecular formula is C31H22N3+. The van der Waals surface area contributed by atoms with E-state index >= 15 is 0 Å². The summed E-state index contributed by atoms with van der Waals surface area (Å²) in [5.41, 5.74) is 10.0. The molecule has 0 spiro atoms. The van der Waals surface area contributed by atoms with Gasteiger partial charge in [0.05, 0.1) is 29.0 Å². The van der Waals surface area contributed by atoms with Crippen molar-refractivity contribution in [2.75, 3.05) is 0 Å². The molecule has 0 fully saturated rings. The normalized spacial score (nSPS) is 12.4. The Bertz CT molecular complexity index is 2080. The first-order valence-electron chi connectivity index (χ1n) is 11.8. The van der Waals surface area contributed by atoms with Crippen molar-refractivity contribution in [3.63, 3.8) is 0 Å². The van der Waals surface area contributed by atoms with E-state index in [1.807, 2.05) is 0 Å². The summed E-state index contributed by atoms with van der Waals surface area (Å²) < 4.78 is 7.37. The maximum Gasteiger partial charge on any atom is 0.295 e. The van der Waals surface area contributed by atoms with E-state index in [9.17, 15) is 0 Å². The van der Waals surface area contributed by atoms with Crippen LogP contribution < -0.4 is 4.57 Å². The van der Waals surface area contributed by atoms with Gasteiger partial charge < -0.3 is 4.40 Å². The molecule has 0 unspecified atom stereocenters. The van der Waals surface area contributed by atoms with E-state index < -0.39 is 0 Å². The van der Waals surface area contributed by atoms with Gasteiger partial charge >= 0.3 is 0 Å². The maximum atomic E-state index is 2.51. The van der Waals surface area contributed by atoms with Crippen LogP contribution in [0.3, 0.4) is 0 Å². The maximum absolute atomic E-state index is 2.51. The minimum atomic E-state index is 1.21. The zero-order valence-electron chi connectivity index (χ0n) is 19.1. The molecule has 0 N–H and O–H groups in total. The van der Waals surface area contributed by atoms with Crippen molar-refractivity contribution in [2.45, 2.75) is 6.92 Å². The highest BCUT2D eigenvalue weighted by atomic mass is 15.1. The van der Waals surface area contributed by atoms with Crippen LogP contribution in [-0.4, -0.2) is 8.80 Å². The van der Waals surface area contributed by atoms with Gasteiger partial charge in [0.2, 0.25) is 5.52 Å². The lowest BCUT2D eigenvalue weighted by molar-refractivity contribution is -0.633. The number of imidazole rings is 1. The van der Waals surface area contributed by atoms with Crippen LogP contribution in [0.1, 0.15) is 5.56 Å². The first-order valence-corrected chi connectivity index (χ1v) is 11.8. The summed E-state index contributed by atoms with van der Waals surface area (Å²) in [5, 5.41) is 5.14. The number of hydrogen-bond donors (Lipinski definition) is 0. The van der Waals surface area contributed by atoms with E-state index in [1.54, 1.807) is 0 Å². The predicted octanol–water partition coefficient (Wildman–Crippen LogP) is 7.04. The zero-order valence-corrected chi connectivity index (χ0v) is 19.1. The van der Waals surface area contributed by atoms with Crippen molar-refractivity contribution in [3.05, 3.63) is 103 Å². The highest BCUT2D eigenvalue weighted by Gasteiger charge is 2.30. The van der Waals surface area contributed by atoms with Gasteiger partial charge in [-0.05, 0) is 54.3 Å². The molecule has 0 saturated heterocycles. The molecule has 3 heterocycles. The average Bonchev–Trinajstić information content (AvgIpc) is 3.31. The Morgan fingerprint density at radius 3 is 2.12 bits per heavy atom. The summed E-state index contributed by atoms with van der Waals surface area (Å²) >= 11 is 0. The standard InChI is InChI=1S/C31H22N3/c1-19-9-3-4-12-21(19)31-32(2)27-18-17-23-22-13-5-6-14-24(22)33-25-15-7-10-20-11-8-16-26(28(20)25)34(31)30(27)29(23)33/h3-18H,1-2H3/q+1. The van der Waals surface area contributed by atoms with Gasteiger partial charge in [-0.15, -0.1) is 0 Å². The number of para-hydroxylation sites is 1. The van der Waals surface area contributed by atoms with Crippen molar-refractivity contribution >= 4 is 54.6 Å². The molecule has 8 aromatic rings. The van der Waals surface area contributed by atoms with E-state index in [-0.39, 0.29) is 0 Å². The molecule has 0 radical (unpaired) electrons. The van der Waals surface area contributed by atoms with Gasteiger partial charge in [-0.3, -0.25) is 0 Å². The van der Waals surface area contributed by atoms with E-state index in [1.165, 1.54) is 71.6 Å².